The maximum Gasteiger partial charge on any atom is 0.338 e. The molecular weight excluding hydrogens is 420 g/mol. The lowest BCUT2D eigenvalue weighted by molar-refractivity contribution is -0.119. The summed E-state index contributed by atoms with van der Waals surface area (Å²) in [7, 11) is 0.593. The van der Waals surface area contributed by atoms with E-state index in [9.17, 15) is 18.0 Å². The van der Waals surface area contributed by atoms with Crippen molar-refractivity contribution in [2.75, 3.05) is 33.1 Å². The molecular formula is C22H28N2O6S. The topological polar surface area (TPSA) is 102 Å². The predicted octanol–water partition coefficient (Wildman–Crippen LogP) is 3.04. The Morgan fingerprint density at radius 2 is 1.74 bits per heavy atom. The van der Waals surface area contributed by atoms with Crippen molar-refractivity contribution in [1.82, 2.24) is 4.31 Å². The van der Waals surface area contributed by atoms with Gasteiger partial charge in [-0.25, -0.2) is 17.5 Å². The number of nitrogens with zero attached hydrogens (tertiary/aromatic N) is 1. The molecule has 0 aliphatic heterocycles. The van der Waals surface area contributed by atoms with Crippen LogP contribution in [0.4, 0.5) is 5.69 Å². The zero-order valence-electron chi connectivity index (χ0n) is 18.6. The number of anilines is 1. The van der Waals surface area contributed by atoms with E-state index in [4.69, 9.17) is 9.47 Å². The van der Waals surface area contributed by atoms with Crippen molar-refractivity contribution >= 4 is 27.6 Å². The number of methoxy groups -OCH3 is 1. The summed E-state index contributed by atoms with van der Waals surface area (Å²) in [5, 5.41) is 2.69. The van der Waals surface area contributed by atoms with Gasteiger partial charge in [-0.15, -0.1) is 0 Å². The molecule has 0 aromatic heterocycles. The van der Waals surface area contributed by atoms with Crippen molar-refractivity contribution in [3.8, 4) is 5.75 Å². The van der Waals surface area contributed by atoms with E-state index in [2.05, 4.69) is 5.32 Å². The molecule has 0 aliphatic rings. The molecule has 2 rings (SSSR count). The number of sulfonamides is 1. The third-order valence-electron chi connectivity index (χ3n) is 4.52. The highest BCUT2D eigenvalue weighted by molar-refractivity contribution is 7.89. The van der Waals surface area contributed by atoms with E-state index in [1.54, 1.807) is 6.07 Å². The molecule has 2 aromatic carbocycles. The Bertz CT molecular complexity index is 1070. The zero-order valence-corrected chi connectivity index (χ0v) is 19.4. The minimum Gasteiger partial charge on any atom is -0.495 e. The minimum absolute atomic E-state index is 0.0306. The van der Waals surface area contributed by atoms with E-state index in [1.165, 1.54) is 45.5 Å². The van der Waals surface area contributed by atoms with E-state index in [-0.39, 0.29) is 15.9 Å². The van der Waals surface area contributed by atoms with Crippen LogP contribution in [-0.4, -0.2) is 52.4 Å². The molecule has 0 heterocycles. The lowest BCUT2D eigenvalue weighted by Gasteiger charge is -2.21. The Hall–Kier alpha value is -2.91. The molecule has 1 N–H and O–H groups in total. The molecule has 31 heavy (non-hydrogen) atoms. The van der Waals surface area contributed by atoms with Gasteiger partial charge in [0.15, 0.2) is 6.61 Å². The third kappa shape index (κ3) is 6.05. The Kier molecular flexibility index (Phi) is 7.45. The van der Waals surface area contributed by atoms with E-state index >= 15 is 0 Å². The summed E-state index contributed by atoms with van der Waals surface area (Å²) < 4.78 is 35.9. The van der Waals surface area contributed by atoms with Crippen LogP contribution in [0.2, 0.25) is 0 Å². The van der Waals surface area contributed by atoms with Crippen LogP contribution in [0.3, 0.4) is 0 Å². The molecule has 0 saturated heterocycles. The van der Waals surface area contributed by atoms with Gasteiger partial charge in [-0.3, -0.25) is 4.79 Å². The Morgan fingerprint density at radius 3 is 2.32 bits per heavy atom. The zero-order chi connectivity index (χ0) is 23.4. The second-order valence-corrected chi connectivity index (χ2v) is 10.3. The summed E-state index contributed by atoms with van der Waals surface area (Å²) >= 11 is 0. The van der Waals surface area contributed by atoms with Gasteiger partial charge in [-0.1, -0.05) is 32.9 Å². The Labute approximate surface area is 183 Å². The monoisotopic (exact) mass is 448 g/mol. The highest BCUT2D eigenvalue weighted by Crippen LogP contribution is 2.31. The predicted molar refractivity (Wildman–Crippen MR) is 118 cm³/mol. The highest BCUT2D eigenvalue weighted by atomic mass is 32.2. The number of carbonyl (C=O) groups is 2. The molecule has 0 aliphatic carbocycles. The quantitative estimate of drug-likeness (QED) is 0.653. The normalized spacial score (nSPS) is 11.8. The number of ether oxygens (including phenoxy) is 2. The first-order valence-electron chi connectivity index (χ1n) is 9.54. The van der Waals surface area contributed by atoms with Crippen molar-refractivity contribution < 1.29 is 27.5 Å². The molecule has 9 heteroatoms. The van der Waals surface area contributed by atoms with Gasteiger partial charge in [0.1, 0.15) is 5.75 Å². The average molecular weight is 449 g/mol. The van der Waals surface area contributed by atoms with Crippen molar-refractivity contribution in [3.05, 3.63) is 53.6 Å². The number of carbonyl (C=O) groups excluding carboxylic acids is 2. The molecule has 8 nitrogen and oxygen atoms in total. The standard InChI is InChI=1S/C22H28N2O6S/c1-22(2,3)16-10-11-19(29-6)18(13-16)23-20(25)14-30-21(26)15-8-7-9-17(12-15)31(27,28)24(4)5/h7-13H,14H2,1-6H3,(H,23,25). The fraction of sp³-hybridized carbons (Fsp3) is 0.364. The molecule has 0 bridgehead atoms. The van der Waals surface area contributed by atoms with E-state index in [0.717, 1.165) is 9.87 Å². The van der Waals surface area contributed by atoms with Gasteiger partial charge in [0.25, 0.3) is 5.91 Å². The van der Waals surface area contributed by atoms with Gasteiger partial charge in [-0.05, 0) is 41.3 Å². The Morgan fingerprint density at radius 1 is 1.06 bits per heavy atom. The maximum atomic E-state index is 12.3. The fourth-order valence-electron chi connectivity index (χ4n) is 2.67. The summed E-state index contributed by atoms with van der Waals surface area (Å²) in [6.45, 7) is 5.61. The molecule has 0 saturated carbocycles. The lowest BCUT2D eigenvalue weighted by atomic mass is 9.87. The third-order valence-corrected chi connectivity index (χ3v) is 6.33. The first-order valence-corrected chi connectivity index (χ1v) is 11.0. The van der Waals surface area contributed by atoms with Crippen molar-refractivity contribution in [2.24, 2.45) is 0 Å². The van der Waals surface area contributed by atoms with Crippen LogP contribution in [0, 0.1) is 0 Å². The summed E-state index contributed by atoms with van der Waals surface area (Å²) in [6, 6.07) is 11.0. The fourth-order valence-corrected chi connectivity index (χ4v) is 3.62. The smallest absolute Gasteiger partial charge is 0.338 e. The maximum absolute atomic E-state index is 12.3. The van der Waals surface area contributed by atoms with E-state index in [0.29, 0.717) is 11.4 Å². The summed E-state index contributed by atoms with van der Waals surface area (Å²) in [5.41, 5.74) is 1.37. The molecule has 0 unspecified atom stereocenters. The van der Waals surface area contributed by atoms with Gasteiger partial charge < -0.3 is 14.8 Å². The number of amides is 1. The molecule has 0 radical (unpaired) electrons. The van der Waals surface area contributed by atoms with Gasteiger partial charge in [0.05, 0.1) is 23.3 Å². The van der Waals surface area contributed by atoms with Crippen molar-refractivity contribution in [1.29, 1.82) is 0 Å². The first kappa shape index (κ1) is 24.4. The Balaban J connectivity index is 2.10. The molecule has 168 valence electrons. The van der Waals surface area contributed by atoms with Crippen LogP contribution >= 0.6 is 0 Å². The van der Waals surface area contributed by atoms with Crippen LogP contribution in [-0.2, 0) is 25.0 Å². The number of hydrogen-bond acceptors (Lipinski definition) is 6. The van der Waals surface area contributed by atoms with E-state index < -0.39 is 28.5 Å². The van der Waals surface area contributed by atoms with Crippen molar-refractivity contribution in [3.63, 3.8) is 0 Å². The average Bonchev–Trinajstić information content (AvgIpc) is 2.71. The first-order chi connectivity index (χ1) is 14.4. The molecule has 0 atom stereocenters. The van der Waals surface area contributed by atoms with Gasteiger partial charge in [0.2, 0.25) is 10.0 Å². The van der Waals surface area contributed by atoms with Crippen molar-refractivity contribution in [2.45, 2.75) is 31.1 Å². The second-order valence-electron chi connectivity index (χ2n) is 8.10. The SMILES string of the molecule is COc1ccc(C(C)(C)C)cc1NC(=O)COC(=O)c1cccc(S(=O)(=O)N(C)C)c1. The number of benzene rings is 2. The number of hydrogen-bond donors (Lipinski definition) is 1. The van der Waals surface area contributed by atoms with Crippen LogP contribution in [0.15, 0.2) is 47.4 Å². The van der Waals surface area contributed by atoms with E-state index in [1.807, 2.05) is 32.9 Å². The molecule has 0 fully saturated rings. The van der Waals surface area contributed by atoms with Crippen LogP contribution in [0.25, 0.3) is 0 Å². The number of rotatable bonds is 7. The minimum atomic E-state index is -3.70. The molecule has 2 aromatic rings. The summed E-state index contributed by atoms with van der Waals surface area (Å²) in [4.78, 5) is 24.6. The molecule has 1 amide bonds. The molecule has 0 spiro atoms. The van der Waals surface area contributed by atoms with Crippen LogP contribution in [0.5, 0.6) is 5.75 Å². The second kappa shape index (κ2) is 9.49. The van der Waals surface area contributed by atoms with Gasteiger partial charge >= 0.3 is 5.97 Å². The van der Waals surface area contributed by atoms with Crippen LogP contribution < -0.4 is 10.1 Å². The van der Waals surface area contributed by atoms with Gasteiger partial charge in [0, 0.05) is 14.1 Å². The summed E-state index contributed by atoms with van der Waals surface area (Å²) in [6.07, 6.45) is 0. The van der Waals surface area contributed by atoms with Gasteiger partial charge in [-0.2, -0.15) is 0 Å². The lowest BCUT2D eigenvalue weighted by Crippen LogP contribution is -2.23. The largest absolute Gasteiger partial charge is 0.495 e. The van der Waals surface area contributed by atoms with Crippen LogP contribution in [0.1, 0.15) is 36.7 Å². The number of esters is 1. The highest BCUT2D eigenvalue weighted by Gasteiger charge is 2.20. The summed E-state index contributed by atoms with van der Waals surface area (Å²) in [5.74, 6) is -0.870. The number of nitrogens with one attached hydrogen (secondary N) is 1.